The molecule has 5 heteroatoms. The van der Waals surface area contributed by atoms with Crippen LogP contribution in [0.4, 0.5) is 4.39 Å². The Bertz CT molecular complexity index is 794. The first kappa shape index (κ1) is 20.3. The van der Waals surface area contributed by atoms with Crippen LogP contribution in [0.5, 0.6) is 0 Å². The first-order valence-electron chi connectivity index (χ1n) is 10.1. The number of aryl methyl sites for hydroxylation is 1. The topological polar surface area (TPSA) is 45.7 Å². The highest BCUT2D eigenvalue weighted by Gasteiger charge is 2.29. The summed E-state index contributed by atoms with van der Waals surface area (Å²) in [5, 5.41) is 6.68. The van der Waals surface area contributed by atoms with E-state index in [4.69, 9.17) is 9.73 Å². The van der Waals surface area contributed by atoms with Crippen LogP contribution in [0.3, 0.4) is 0 Å². The van der Waals surface area contributed by atoms with E-state index < -0.39 is 0 Å². The van der Waals surface area contributed by atoms with E-state index in [0.717, 1.165) is 31.1 Å². The van der Waals surface area contributed by atoms with Gasteiger partial charge in [-0.05, 0) is 49.9 Å². The van der Waals surface area contributed by atoms with E-state index in [2.05, 4.69) is 22.8 Å². The predicted molar refractivity (Wildman–Crippen MR) is 112 cm³/mol. The lowest BCUT2D eigenvalue weighted by atomic mass is 9.95. The fourth-order valence-corrected chi connectivity index (χ4v) is 3.53. The molecule has 1 fully saturated rings. The smallest absolute Gasteiger partial charge is 0.191 e. The molecule has 2 aromatic carbocycles. The summed E-state index contributed by atoms with van der Waals surface area (Å²) in [4.78, 5) is 4.80. The average Bonchev–Trinajstić information content (AvgIpc) is 3.17. The van der Waals surface area contributed by atoms with Crippen molar-refractivity contribution < 1.29 is 9.13 Å². The summed E-state index contributed by atoms with van der Waals surface area (Å²) in [5.41, 5.74) is 2.77. The van der Waals surface area contributed by atoms with E-state index in [0.29, 0.717) is 18.0 Å². The van der Waals surface area contributed by atoms with E-state index in [9.17, 15) is 4.39 Å². The maximum absolute atomic E-state index is 13.9. The SMILES string of the molecule is CCNC(=NCC1CCOC1c1ccccc1)NC(C)c1ccc(C)c(F)c1. The number of nitrogens with zero attached hydrogens (tertiary/aromatic N) is 1. The maximum Gasteiger partial charge on any atom is 0.191 e. The van der Waals surface area contributed by atoms with Crippen molar-refractivity contribution in [3.8, 4) is 0 Å². The van der Waals surface area contributed by atoms with Gasteiger partial charge >= 0.3 is 0 Å². The van der Waals surface area contributed by atoms with Crippen molar-refractivity contribution in [2.24, 2.45) is 10.9 Å². The zero-order valence-corrected chi connectivity index (χ0v) is 16.9. The number of hydrogen-bond acceptors (Lipinski definition) is 2. The van der Waals surface area contributed by atoms with Gasteiger partial charge in [0.1, 0.15) is 5.82 Å². The Morgan fingerprint density at radius 1 is 1.25 bits per heavy atom. The quantitative estimate of drug-likeness (QED) is 0.569. The Kier molecular flexibility index (Phi) is 7.04. The third kappa shape index (κ3) is 5.10. The first-order chi connectivity index (χ1) is 13.6. The summed E-state index contributed by atoms with van der Waals surface area (Å²) in [7, 11) is 0. The van der Waals surface area contributed by atoms with Gasteiger partial charge in [-0.1, -0.05) is 42.5 Å². The van der Waals surface area contributed by atoms with Crippen molar-refractivity contribution in [3.05, 3.63) is 71.0 Å². The zero-order chi connectivity index (χ0) is 19.9. The molecular weight excluding hydrogens is 353 g/mol. The Morgan fingerprint density at radius 2 is 2.04 bits per heavy atom. The number of nitrogens with one attached hydrogen (secondary N) is 2. The Balaban J connectivity index is 1.67. The molecule has 1 heterocycles. The van der Waals surface area contributed by atoms with E-state index in [-0.39, 0.29) is 18.0 Å². The molecule has 1 aliphatic heterocycles. The van der Waals surface area contributed by atoms with Gasteiger partial charge in [0.05, 0.1) is 12.1 Å². The molecule has 0 bridgehead atoms. The van der Waals surface area contributed by atoms with Crippen molar-refractivity contribution in [2.75, 3.05) is 19.7 Å². The predicted octanol–water partition coefficient (Wildman–Crippen LogP) is 4.53. The van der Waals surface area contributed by atoms with Gasteiger partial charge in [0.15, 0.2) is 5.96 Å². The van der Waals surface area contributed by atoms with Crippen LogP contribution >= 0.6 is 0 Å². The lowest BCUT2D eigenvalue weighted by molar-refractivity contribution is 0.0925. The number of hydrogen-bond donors (Lipinski definition) is 2. The molecule has 0 aromatic heterocycles. The van der Waals surface area contributed by atoms with E-state index in [1.807, 2.05) is 44.2 Å². The summed E-state index contributed by atoms with van der Waals surface area (Å²) in [6, 6.07) is 15.7. The van der Waals surface area contributed by atoms with Crippen LogP contribution in [0.1, 0.15) is 49.1 Å². The first-order valence-corrected chi connectivity index (χ1v) is 10.1. The molecule has 150 valence electrons. The molecule has 1 saturated heterocycles. The van der Waals surface area contributed by atoms with Gasteiger partial charge in [0.2, 0.25) is 0 Å². The second-order valence-corrected chi connectivity index (χ2v) is 7.35. The van der Waals surface area contributed by atoms with Crippen LogP contribution in [0.25, 0.3) is 0 Å². The molecule has 3 unspecified atom stereocenters. The minimum absolute atomic E-state index is 0.0438. The second-order valence-electron chi connectivity index (χ2n) is 7.35. The van der Waals surface area contributed by atoms with Crippen molar-refractivity contribution in [2.45, 2.75) is 39.3 Å². The summed E-state index contributed by atoms with van der Waals surface area (Å²) in [6.45, 7) is 8.05. The molecule has 0 amide bonds. The summed E-state index contributed by atoms with van der Waals surface area (Å²) in [5.74, 6) is 0.918. The van der Waals surface area contributed by atoms with Gasteiger partial charge < -0.3 is 15.4 Å². The zero-order valence-electron chi connectivity index (χ0n) is 16.9. The minimum Gasteiger partial charge on any atom is -0.373 e. The number of ether oxygens (including phenoxy) is 1. The summed E-state index contributed by atoms with van der Waals surface area (Å²) in [6.07, 6.45) is 1.10. The van der Waals surface area contributed by atoms with Crippen molar-refractivity contribution in [1.82, 2.24) is 10.6 Å². The van der Waals surface area contributed by atoms with Crippen LogP contribution in [0, 0.1) is 18.7 Å². The molecule has 3 rings (SSSR count). The second kappa shape index (κ2) is 9.69. The number of aliphatic imine (C=N–C) groups is 1. The Labute approximate surface area is 167 Å². The van der Waals surface area contributed by atoms with Crippen LogP contribution in [-0.4, -0.2) is 25.7 Å². The number of guanidine groups is 1. The van der Waals surface area contributed by atoms with E-state index in [1.54, 1.807) is 13.0 Å². The summed E-state index contributed by atoms with van der Waals surface area (Å²) < 4.78 is 19.9. The average molecular weight is 384 g/mol. The molecule has 2 aromatic rings. The van der Waals surface area contributed by atoms with Crippen LogP contribution in [0.15, 0.2) is 53.5 Å². The Hall–Kier alpha value is -2.40. The highest BCUT2D eigenvalue weighted by molar-refractivity contribution is 5.80. The van der Waals surface area contributed by atoms with Gasteiger partial charge in [-0.2, -0.15) is 0 Å². The lowest BCUT2D eigenvalue weighted by Gasteiger charge is -2.21. The van der Waals surface area contributed by atoms with Gasteiger partial charge in [0.25, 0.3) is 0 Å². The van der Waals surface area contributed by atoms with Crippen molar-refractivity contribution in [3.63, 3.8) is 0 Å². The molecule has 0 spiro atoms. The fraction of sp³-hybridized carbons (Fsp3) is 0.435. The Morgan fingerprint density at radius 3 is 2.75 bits per heavy atom. The molecular formula is C23H30FN3O. The van der Waals surface area contributed by atoms with Crippen LogP contribution in [0.2, 0.25) is 0 Å². The summed E-state index contributed by atoms with van der Waals surface area (Å²) >= 11 is 0. The number of rotatable bonds is 6. The van der Waals surface area contributed by atoms with E-state index in [1.165, 1.54) is 5.56 Å². The molecule has 1 aliphatic rings. The minimum atomic E-state index is -0.179. The van der Waals surface area contributed by atoms with Gasteiger partial charge in [-0.25, -0.2) is 4.39 Å². The van der Waals surface area contributed by atoms with Gasteiger partial charge in [0, 0.05) is 25.6 Å². The van der Waals surface area contributed by atoms with E-state index >= 15 is 0 Å². The third-order valence-corrected chi connectivity index (χ3v) is 5.22. The molecule has 0 aliphatic carbocycles. The monoisotopic (exact) mass is 383 g/mol. The number of halogens is 1. The molecule has 0 radical (unpaired) electrons. The third-order valence-electron chi connectivity index (χ3n) is 5.22. The standard InChI is InChI=1S/C23H30FN3O/c1-4-25-23(27-17(3)19-11-10-16(2)21(24)14-19)26-15-20-12-13-28-22(20)18-8-6-5-7-9-18/h5-11,14,17,20,22H,4,12-13,15H2,1-3H3,(H2,25,26,27). The molecule has 28 heavy (non-hydrogen) atoms. The largest absolute Gasteiger partial charge is 0.373 e. The normalized spacial score (nSPS) is 20.8. The van der Waals surface area contributed by atoms with Crippen molar-refractivity contribution >= 4 is 5.96 Å². The van der Waals surface area contributed by atoms with Gasteiger partial charge in [-0.3, -0.25) is 4.99 Å². The molecule has 4 nitrogen and oxygen atoms in total. The van der Waals surface area contributed by atoms with Crippen LogP contribution in [-0.2, 0) is 4.74 Å². The lowest BCUT2D eigenvalue weighted by Crippen LogP contribution is -2.39. The highest BCUT2D eigenvalue weighted by atomic mass is 19.1. The number of benzene rings is 2. The maximum atomic E-state index is 13.9. The molecule has 2 N–H and O–H groups in total. The molecule has 3 atom stereocenters. The van der Waals surface area contributed by atoms with Crippen LogP contribution < -0.4 is 10.6 Å². The highest BCUT2D eigenvalue weighted by Crippen LogP contribution is 2.34. The fourth-order valence-electron chi connectivity index (χ4n) is 3.53. The molecule has 0 saturated carbocycles. The van der Waals surface area contributed by atoms with Crippen molar-refractivity contribution in [1.29, 1.82) is 0 Å². The van der Waals surface area contributed by atoms with Gasteiger partial charge in [-0.15, -0.1) is 0 Å².